The summed E-state index contributed by atoms with van der Waals surface area (Å²) in [4.78, 5) is 12.7. The second-order valence-electron chi connectivity index (χ2n) is 6.02. The Balaban J connectivity index is 0.00000256. The average molecular weight is 429 g/mol. The molecule has 0 saturated carbocycles. The maximum absolute atomic E-state index is 14.2. The summed E-state index contributed by atoms with van der Waals surface area (Å²) in [5, 5.41) is 19.1. The Morgan fingerprint density at radius 2 is 1.90 bits per heavy atom. The molecule has 4 aromatic rings. The van der Waals surface area contributed by atoms with Crippen LogP contribution in [0.1, 0.15) is 5.56 Å². The predicted molar refractivity (Wildman–Crippen MR) is 109 cm³/mol. The lowest BCUT2D eigenvalue weighted by Gasteiger charge is -2.10. The van der Waals surface area contributed by atoms with Gasteiger partial charge in [0.05, 0.1) is 17.5 Å². The number of pyridine rings is 1. The van der Waals surface area contributed by atoms with Gasteiger partial charge < -0.3 is 10.6 Å². The molecule has 0 aliphatic heterocycles. The Hall–Kier alpha value is -3.84. The lowest BCUT2D eigenvalue weighted by Crippen LogP contribution is -2.16. The van der Waals surface area contributed by atoms with Crippen molar-refractivity contribution >= 4 is 29.7 Å². The van der Waals surface area contributed by atoms with Gasteiger partial charge in [-0.3, -0.25) is 0 Å². The molecule has 0 atom stereocenters. The van der Waals surface area contributed by atoms with E-state index in [1.54, 1.807) is 12.1 Å². The van der Waals surface area contributed by atoms with Crippen molar-refractivity contribution in [1.29, 1.82) is 5.26 Å². The Kier molecular flexibility index (Phi) is 6.34. The Morgan fingerprint density at radius 1 is 1.07 bits per heavy atom. The normalized spacial score (nSPS) is 10.3. The van der Waals surface area contributed by atoms with Gasteiger partial charge >= 0.3 is 0 Å². The minimum atomic E-state index is -0.712. The third-order valence-electron chi connectivity index (χ3n) is 4.08. The number of nitrogens with one attached hydrogen (secondary N) is 2. The lowest BCUT2D eigenvalue weighted by atomic mass is 10.1. The molecule has 0 bridgehead atoms. The molecule has 3 heterocycles. The molecule has 3 aromatic heterocycles. The number of hydrogen-bond donors (Lipinski definition) is 2. The van der Waals surface area contributed by atoms with E-state index in [2.05, 4.69) is 30.7 Å². The van der Waals surface area contributed by atoms with E-state index < -0.39 is 11.6 Å². The van der Waals surface area contributed by atoms with Gasteiger partial charge in [-0.05, 0) is 24.3 Å². The maximum atomic E-state index is 14.2. The molecule has 0 spiro atoms. The van der Waals surface area contributed by atoms with Gasteiger partial charge in [-0.1, -0.05) is 0 Å². The molecular formula is C19H15ClF2N8. The zero-order chi connectivity index (χ0) is 20.2. The molecule has 152 valence electrons. The van der Waals surface area contributed by atoms with Crippen molar-refractivity contribution in [2.45, 2.75) is 0 Å². The monoisotopic (exact) mass is 428 g/mol. The molecule has 0 unspecified atom stereocenters. The number of benzene rings is 1. The van der Waals surface area contributed by atoms with Gasteiger partial charge in [0, 0.05) is 30.9 Å². The van der Waals surface area contributed by atoms with E-state index in [9.17, 15) is 8.78 Å². The molecular weight excluding hydrogens is 414 g/mol. The summed E-state index contributed by atoms with van der Waals surface area (Å²) in [6.45, 7) is 0.975. The first-order valence-corrected chi connectivity index (χ1v) is 8.64. The first-order valence-electron chi connectivity index (χ1n) is 8.64. The summed E-state index contributed by atoms with van der Waals surface area (Å²) in [6, 6.07) is 8.71. The van der Waals surface area contributed by atoms with E-state index in [0.29, 0.717) is 41.6 Å². The molecule has 0 radical (unpaired) electrons. The molecule has 2 N–H and O–H groups in total. The second-order valence-corrected chi connectivity index (χ2v) is 6.02. The minimum absolute atomic E-state index is 0. The zero-order valence-corrected chi connectivity index (χ0v) is 16.2. The summed E-state index contributed by atoms with van der Waals surface area (Å²) >= 11 is 0. The van der Waals surface area contributed by atoms with Crippen LogP contribution in [0.2, 0.25) is 0 Å². The summed E-state index contributed by atoms with van der Waals surface area (Å²) in [7, 11) is 0. The van der Waals surface area contributed by atoms with Gasteiger partial charge in [0.1, 0.15) is 29.8 Å². The largest absolute Gasteiger partial charge is 0.368 e. The summed E-state index contributed by atoms with van der Waals surface area (Å²) in [5.41, 5.74) is 1.42. The van der Waals surface area contributed by atoms with E-state index >= 15 is 0 Å². The fourth-order valence-electron chi connectivity index (χ4n) is 2.71. The number of nitriles is 1. The molecule has 30 heavy (non-hydrogen) atoms. The number of rotatable bonds is 6. The Bertz CT molecular complexity index is 1200. The van der Waals surface area contributed by atoms with Gasteiger partial charge in [0.15, 0.2) is 11.5 Å². The van der Waals surface area contributed by atoms with E-state index in [1.807, 2.05) is 6.07 Å². The van der Waals surface area contributed by atoms with Crippen LogP contribution in [0.5, 0.6) is 0 Å². The van der Waals surface area contributed by atoms with Gasteiger partial charge in [-0.25, -0.2) is 28.2 Å². The van der Waals surface area contributed by atoms with Gasteiger partial charge in [0.2, 0.25) is 0 Å². The van der Waals surface area contributed by atoms with E-state index in [-0.39, 0.29) is 18.0 Å². The topological polar surface area (TPSA) is 104 Å². The smallest absolute Gasteiger partial charge is 0.198 e. The molecule has 8 nitrogen and oxygen atoms in total. The van der Waals surface area contributed by atoms with Crippen molar-refractivity contribution in [2.75, 3.05) is 23.7 Å². The van der Waals surface area contributed by atoms with Gasteiger partial charge in [-0.2, -0.15) is 10.4 Å². The van der Waals surface area contributed by atoms with Crippen molar-refractivity contribution in [2.24, 2.45) is 0 Å². The molecule has 0 fully saturated rings. The van der Waals surface area contributed by atoms with Crippen molar-refractivity contribution in [3.63, 3.8) is 0 Å². The van der Waals surface area contributed by atoms with Crippen molar-refractivity contribution < 1.29 is 8.78 Å². The average Bonchev–Trinajstić information content (AvgIpc) is 3.20. The first-order chi connectivity index (χ1) is 14.1. The van der Waals surface area contributed by atoms with Crippen LogP contribution in [0.15, 0.2) is 49.1 Å². The number of anilines is 2. The SMILES string of the molecule is Cl.N#Cc1ccc(NCCNc2nc(-c3ccc(F)cc3F)cn3ncnc23)nc1. The fourth-order valence-corrected chi connectivity index (χ4v) is 2.71. The van der Waals surface area contributed by atoms with Crippen molar-refractivity contribution in [3.8, 4) is 17.3 Å². The highest BCUT2D eigenvalue weighted by molar-refractivity contribution is 5.85. The van der Waals surface area contributed by atoms with Crippen LogP contribution in [-0.4, -0.2) is 37.7 Å². The Morgan fingerprint density at radius 3 is 2.63 bits per heavy atom. The molecule has 11 heteroatoms. The van der Waals surface area contributed by atoms with Crippen LogP contribution < -0.4 is 10.6 Å². The van der Waals surface area contributed by atoms with E-state index in [1.165, 1.54) is 35.4 Å². The fraction of sp³-hybridized carbons (Fsp3) is 0.105. The Labute approximate surface area is 176 Å². The third-order valence-corrected chi connectivity index (χ3v) is 4.08. The van der Waals surface area contributed by atoms with Crippen LogP contribution in [0.4, 0.5) is 20.4 Å². The van der Waals surface area contributed by atoms with E-state index in [4.69, 9.17) is 5.26 Å². The highest BCUT2D eigenvalue weighted by Gasteiger charge is 2.13. The highest BCUT2D eigenvalue weighted by atomic mass is 35.5. The molecule has 1 aromatic carbocycles. The van der Waals surface area contributed by atoms with Gasteiger partial charge in [0.25, 0.3) is 0 Å². The predicted octanol–water partition coefficient (Wildman–Crippen LogP) is 3.28. The van der Waals surface area contributed by atoms with Crippen LogP contribution in [0.25, 0.3) is 16.9 Å². The molecule has 0 saturated heterocycles. The summed E-state index contributed by atoms with van der Waals surface area (Å²) in [5.74, 6) is -0.322. The number of nitrogens with zero attached hydrogens (tertiary/aromatic N) is 6. The number of halogens is 3. The van der Waals surface area contributed by atoms with Crippen molar-refractivity contribution in [3.05, 3.63) is 66.3 Å². The molecule has 4 rings (SSSR count). The van der Waals surface area contributed by atoms with Crippen LogP contribution >= 0.6 is 12.4 Å². The van der Waals surface area contributed by atoms with Gasteiger partial charge in [-0.15, -0.1) is 12.4 Å². The summed E-state index contributed by atoms with van der Waals surface area (Å²) < 4.78 is 28.8. The highest BCUT2D eigenvalue weighted by Crippen LogP contribution is 2.24. The maximum Gasteiger partial charge on any atom is 0.198 e. The zero-order valence-electron chi connectivity index (χ0n) is 15.4. The minimum Gasteiger partial charge on any atom is -0.368 e. The van der Waals surface area contributed by atoms with Crippen LogP contribution in [-0.2, 0) is 0 Å². The lowest BCUT2D eigenvalue weighted by molar-refractivity contribution is 0.585. The number of hydrogen-bond acceptors (Lipinski definition) is 7. The standard InChI is InChI=1S/C19H14F2N8.ClH/c20-13-2-3-14(15(21)7-13)16-10-29-19(26-11-27-29)18(28-16)24-6-5-23-17-4-1-12(8-22)9-25-17;/h1-4,7,9-11H,5-6H2,(H,23,25)(H,24,28);1H. The first kappa shape index (κ1) is 20.9. The molecule has 0 amide bonds. The quantitative estimate of drug-likeness (QED) is 0.454. The molecule has 0 aliphatic rings. The number of fused-ring (bicyclic) bond motifs is 1. The van der Waals surface area contributed by atoms with E-state index in [0.717, 1.165) is 6.07 Å². The molecule has 0 aliphatic carbocycles. The van der Waals surface area contributed by atoms with Crippen LogP contribution in [0, 0.1) is 23.0 Å². The van der Waals surface area contributed by atoms with Crippen molar-refractivity contribution in [1.82, 2.24) is 24.6 Å². The van der Waals surface area contributed by atoms with Crippen LogP contribution in [0.3, 0.4) is 0 Å². The number of aromatic nitrogens is 5. The second kappa shape index (κ2) is 9.11. The summed E-state index contributed by atoms with van der Waals surface area (Å²) in [6.07, 6.45) is 4.38. The third kappa shape index (κ3) is 4.42.